The van der Waals surface area contributed by atoms with Gasteiger partial charge in [-0.2, -0.15) is 4.98 Å². The number of hydrogen-bond acceptors (Lipinski definition) is 6. The van der Waals surface area contributed by atoms with E-state index in [9.17, 15) is 8.42 Å². The van der Waals surface area contributed by atoms with E-state index in [1.54, 1.807) is 37.4 Å². The molecular weight excluding hydrogens is 390 g/mol. The van der Waals surface area contributed by atoms with E-state index in [0.29, 0.717) is 28.1 Å². The number of benzene rings is 2. The minimum Gasteiger partial charge on any atom is -0.496 e. The molecule has 1 heterocycles. The lowest BCUT2D eigenvalue weighted by Gasteiger charge is -2.04. The van der Waals surface area contributed by atoms with E-state index in [4.69, 9.17) is 26.0 Å². The monoisotopic (exact) mass is 405 g/mol. The number of nitrogens with zero attached hydrogens (tertiary/aromatic N) is 2. The molecule has 0 saturated heterocycles. The van der Waals surface area contributed by atoms with Crippen molar-refractivity contribution in [3.05, 3.63) is 58.9 Å². The van der Waals surface area contributed by atoms with Gasteiger partial charge in [-0.3, -0.25) is 0 Å². The number of methoxy groups -OCH3 is 1. The van der Waals surface area contributed by atoms with Gasteiger partial charge in [-0.25, -0.2) is 13.6 Å². The number of hydrogen-bond donors (Lipinski definition) is 1. The van der Waals surface area contributed by atoms with Gasteiger partial charge in [0.05, 0.1) is 17.6 Å². The number of rotatable bonds is 5. The number of primary sulfonamides is 1. The summed E-state index contributed by atoms with van der Waals surface area (Å²) in [4.78, 5) is 4.59. The van der Waals surface area contributed by atoms with Crippen molar-refractivity contribution in [1.82, 2.24) is 10.1 Å². The maximum absolute atomic E-state index is 11.4. The lowest BCUT2D eigenvalue weighted by Crippen LogP contribution is -2.11. The zero-order valence-electron chi connectivity index (χ0n) is 14.3. The maximum Gasteiger partial charge on any atom is 0.238 e. The van der Waals surface area contributed by atoms with Gasteiger partial charge in [0.25, 0.3) is 0 Å². The molecule has 27 heavy (non-hydrogen) atoms. The zero-order valence-corrected chi connectivity index (χ0v) is 15.9. The Labute approximate surface area is 161 Å². The van der Waals surface area contributed by atoms with E-state index in [2.05, 4.69) is 10.1 Å². The summed E-state index contributed by atoms with van der Waals surface area (Å²) in [6.07, 6.45) is 0.850. The molecule has 9 heteroatoms. The Morgan fingerprint density at radius 1 is 1.19 bits per heavy atom. The predicted molar refractivity (Wildman–Crippen MR) is 99.2 cm³/mol. The summed E-state index contributed by atoms with van der Waals surface area (Å²) in [5, 5.41) is 9.73. The Hall–Kier alpha value is -2.42. The summed E-state index contributed by atoms with van der Waals surface area (Å²) < 4.78 is 33.5. The predicted octanol–water partition coefficient (Wildman–Crippen LogP) is 3.32. The Bertz CT molecular complexity index is 1100. The van der Waals surface area contributed by atoms with Gasteiger partial charge in [-0.05, 0) is 48.2 Å². The van der Waals surface area contributed by atoms with Crippen LogP contribution in [0.15, 0.2) is 51.9 Å². The van der Waals surface area contributed by atoms with Crippen molar-refractivity contribution < 1.29 is 17.7 Å². The average molecular weight is 406 g/mol. The largest absolute Gasteiger partial charge is 0.496 e. The lowest BCUT2D eigenvalue weighted by atomic mass is 10.1. The van der Waals surface area contributed by atoms with Gasteiger partial charge < -0.3 is 9.26 Å². The van der Waals surface area contributed by atoms with Crippen LogP contribution in [0.1, 0.15) is 29.7 Å². The summed E-state index contributed by atoms with van der Waals surface area (Å²) in [6.45, 7) is 0. The molecule has 1 aromatic heterocycles. The second-order valence-corrected chi connectivity index (χ2v) is 8.36. The molecule has 0 amide bonds. The van der Waals surface area contributed by atoms with E-state index in [0.717, 1.165) is 12.0 Å². The summed E-state index contributed by atoms with van der Waals surface area (Å²) in [5.74, 6) is 1.86. The molecule has 0 aliphatic heterocycles. The fraction of sp³-hybridized carbons (Fsp3) is 0.222. The van der Waals surface area contributed by atoms with Gasteiger partial charge >= 0.3 is 0 Å². The lowest BCUT2D eigenvalue weighted by molar-refractivity contribution is 0.378. The summed E-state index contributed by atoms with van der Waals surface area (Å²) in [5.41, 5.74) is 1.67. The first kappa shape index (κ1) is 18.0. The van der Waals surface area contributed by atoms with Gasteiger partial charge in [-0.15, -0.1) is 0 Å². The molecular formula is C18H16ClN3O4S. The van der Waals surface area contributed by atoms with E-state index < -0.39 is 10.0 Å². The number of sulfonamides is 1. The first-order valence-electron chi connectivity index (χ1n) is 8.17. The van der Waals surface area contributed by atoms with Crippen LogP contribution in [0, 0.1) is 0 Å². The molecule has 4 rings (SSSR count). The van der Waals surface area contributed by atoms with E-state index >= 15 is 0 Å². The highest BCUT2D eigenvalue weighted by atomic mass is 35.5. The molecule has 1 saturated carbocycles. The minimum atomic E-state index is -3.69. The third kappa shape index (κ3) is 3.55. The molecule has 140 valence electrons. The van der Waals surface area contributed by atoms with Gasteiger partial charge in [-0.1, -0.05) is 28.9 Å². The van der Waals surface area contributed by atoms with Crippen molar-refractivity contribution in [3.63, 3.8) is 0 Å². The Morgan fingerprint density at radius 2 is 1.93 bits per heavy atom. The van der Waals surface area contributed by atoms with Crippen molar-refractivity contribution >= 4 is 21.6 Å². The van der Waals surface area contributed by atoms with E-state index in [1.165, 1.54) is 12.1 Å². The topological polar surface area (TPSA) is 108 Å². The Morgan fingerprint density at radius 3 is 2.59 bits per heavy atom. The first-order chi connectivity index (χ1) is 12.9. The fourth-order valence-electron chi connectivity index (χ4n) is 3.09. The molecule has 7 nitrogen and oxygen atoms in total. The number of nitrogens with two attached hydrogens (primary N) is 1. The minimum absolute atomic E-state index is 0.0941. The van der Waals surface area contributed by atoms with Crippen LogP contribution in [0.4, 0.5) is 0 Å². The van der Waals surface area contributed by atoms with Gasteiger partial charge in [0, 0.05) is 10.9 Å². The van der Waals surface area contributed by atoms with Crippen molar-refractivity contribution in [3.8, 4) is 17.1 Å². The maximum atomic E-state index is 11.4. The third-order valence-corrected chi connectivity index (χ3v) is 5.75. The summed E-state index contributed by atoms with van der Waals surface area (Å²) in [6, 6.07) is 11.8. The summed E-state index contributed by atoms with van der Waals surface area (Å²) in [7, 11) is -2.13. The Kier molecular flexibility index (Phi) is 4.41. The van der Waals surface area contributed by atoms with E-state index in [1.807, 2.05) is 0 Å². The van der Waals surface area contributed by atoms with Gasteiger partial charge in [0.2, 0.25) is 21.7 Å². The van der Waals surface area contributed by atoms with Crippen molar-refractivity contribution in [2.75, 3.05) is 7.11 Å². The molecule has 0 radical (unpaired) electrons. The highest BCUT2D eigenvalue weighted by molar-refractivity contribution is 7.89. The van der Waals surface area contributed by atoms with Crippen LogP contribution >= 0.6 is 11.6 Å². The fourth-order valence-corrected chi connectivity index (χ4v) is 3.78. The standard InChI is InChI=1S/C18H16ClN3O4S/c1-25-16-7-4-11(19)8-15(16)17-21-18(26-22-17)14-9-13(14)10-2-5-12(6-3-10)27(20,23)24/h2-8,13-14H,9H2,1H3,(H2,20,23,24)/t13-,14+/m0/s1. The molecule has 3 aromatic rings. The third-order valence-electron chi connectivity index (χ3n) is 4.59. The van der Waals surface area contributed by atoms with Crippen LogP contribution in [0.3, 0.4) is 0 Å². The van der Waals surface area contributed by atoms with Gasteiger partial charge in [0.1, 0.15) is 5.75 Å². The SMILES string of the molecule is COc1ccc(Cl)cc1-c1noc([C@@H]2C[C@H]2c2ccc(S(N)(=O)=O)cc2)n1. The molecule has 0 spiro atoms. The van der Waals surface area contributed by atoms with Crippen LogP contribution in [0.5, 0.6) is 5.75 Å². The first-order valence-corrected chi connectivity index (χ1v) is 10.1. The number of ether oxygens (including phenoxy) is 1. The Balaban J connectivity index is 1.55. The second kappa shape index (κ2) is 6.63. The van der Waals surface area contributed by atoms with Crippen LogP contribution in [0.25, 0.3) is 11.4 Å². The normalized spacial score (nSPS) is 19.1. The van der Waals surface area contributed by atoms with Crippen LogP contribution in [-0.2, 0) is 10.0 Å². The van der Waals surface area contributed by atoms with Crippen molar-refractivity contribution in [2.45, 2.75) is 23.2 Å². The molecule has 1 aliphatic carbocycles. The highest BCUT2D eigenvalue weighted by Crippen LogP contribution is 2.54. The smallest absolute Gasteiger partial charge is 0.238 e. The highest BCUT2D eigenvalue weighted by Gasteiger charge is 2.43. The average Bonchev–Trinajstić information content (AvgIpc) is 3.29. The quantitative estimate of drug-likeness (QED) is 0.697. The molecule has 2 N–H and O–H groups in total. The molecule has 1 aliphatic rings. The zero-order chi connectivity index (χ0) is 19.2. The van der Waals surface area contributed by atoms with Crippen LogP contribution in [0.2, 0.25) is 5.02 Å². The van der Waals surface area contributed by atoms with Crippen molar-refractivity contribution in [2.24, 2.45) is 5.14 Å². The molecule has 2 atom stereocenters. The van der Waals surface area contributed by atoms with E-state index in [-0.39, 0.29) is 16.7 Å². The molecule has 2 aromatic carbocycles. The molecule has 0 unspecified atom stereocenters. The number of halogens is 1. The molecule has 1 fully saturated rings. The summed E-state index contributed by atoms with van der Waals surface area (Å²) >= 11 is 6.06. The van der Waals surface area contributed by atoms with Crippen LogP contribution < -0.4 is 9.88 Å². The molecule has 0 bridgehead atoms. The number of aromatic nitrogens is 2. The second-order valence-electron chi connectivity index (χ2n) is 6.36. The van der Waals surface area contributed by atoms with Crippen LogP contribution in [-0.4, -0.2) is 25.7 Å². The van der Waals surface area contributed by atoms with Crippen molar-refractivity contribution in [1.29, 1.82) is 0 Å². The van der Waals surface area contributed by atoms with Gasteiger partial charge in [0.15, 0.2) is 0 Å².